The molecular formula is C22H24N4O. The molecule has 0 bridgehead atoms. The van der Waals surface area contributed by atoms with Crippen molar-refractivity contribution < 1.29 is 4.79 Å². The van der Waals surface area contributed by atoms with Crippen molar-refractivity contribution in [3.8, 4) is 0 Å². The van der Waals surface area contributed by atoms with Crippen molar-refractivity contribution in [2.45, 2.75) is 34.6 Å². The summed E-state index contributed by atoms with van der Waals surface area (Å²) in [6.07, 6.45) is 0. The lowest BCUT2D eigenvalue weighted by atomic mass is 10.1. The summed E-state index contributed by atoms with van der Waals surface area (Å²) in [7, 11) is 0. The molecule has 0 aliphatic rings. The van der Waals surface area contributed by atoms with Crippen LogP contribution in [0, 0.1) is 34.6 Å². The Balaban J connectivity index is 1.86. The first-order valence-electron chi connectivity index (χ1n) is 8.90. The summed E-state index contributed by atoms with van der Waals surface area (Å²) < 4.78 is 0. The molecule has 0 radical (unpaired) electrons. The zero-order valence-corrected chi connectivity index (χ0v) is 16.3. The van der Waals surface area contributed by atoms with Crippen molar-refractivity contribution >= 4 is 23.2 Å². The zero-order chi connectivity index (χ0) is 19.6. The molecule has 2 aromatic carbocycles. The molecule has 138 valence electrons. The smallest absolute Gasteiger partial charge is 0.274 e. The van der Waals surface area contributed by atoms with Gasteiger partial charge in [0.15, 0.2) is 0 Å². The molecule has 0 aliphatic carbocycles. The molecule has 5 nitrogen and oxygen atoms in total. The van der Waals surface area contributed by atoms with E-state index in [1.807, 2.05) is 52.0 Å². The van der Waals surface area contributed by atoms with Crippen molar-refractivity contribution in [1.29, 1.82) is 0 Å². The fourth-order valence-corrected chi connectivity index (χ4v) is 3.06. The summed E-state index contributed by atoms with van der Waals surface area (Å²) >= 11 is 0. The molecule has 1 heterocycles. The molecule has 0 fully saturated rings. The van der Waals surface area contributed by atoms with Gasteiger partial charge in [-0.15, -0.1) is 0 Å². The summed E-state index contributed by atoms with van der Waals surface area (Å²) in [6.45, 7) is 10.0. The van der Waals surface area contributed by atoms with Crippen LogP contribution >= 0.6 is 0 Å². The van der Waals surface area contributed by atoms with Gasteiger partial charge in [-0.3, -0.25) is 4.79 Å². The van der Waals surface area contributed by atoms with E-state index in [9.17, 15) is 4.79 Å². The molecule has 1 amide bonds. The minimum atomic E-state index is -0.259. The average Bonchev–Trinajstić information content (AvgIpc) is 2.59. The maximum atomic E-state index is 12.6. The van der Waals surface area contributed by atoms with Crippen molar-refractivity contribution in [3.05, 3.63) is 76.1 Å². The van der Waals surface area contributed by atoms with E-state index in [0.29, 0.717) is 11.6 Å². The number of anilines is 3. The Kier molecular flexibility index (Phi) is 5.21. The molecule has 0 spiro atoms. The molecule has 0 saturated heterocycles. The van der Waals surface area contributed by atoms with Gasteiger partial charge in [-0.1, -0.05) is 35.4 Å². The lowest BCUT2D eigenvalue weighted by molar-refractivity contribution is 0.102. The molecular weight excluding hydrogens is 336 g/mol. The van der Waals surface area contributed by atoms with Crippen LogP contribution in [-0.4, -0.2) is 15.9 Å². The number of nitrogens with one attached hydrogen (secondary N) is 2. The van der Waals surface area contributed by atoms with E-state index < -0.39 is 0 Å². The third-order valence-electron chi connectivity index (χ3n) is 4.31. The molecule has 0 atom stereocenters. The Morgan fingerprint density at radius 2 is 1.44 bits per heavy atom. The van der Waals surface area contributed by atoms with Crippen LogP contribution < -0.4 is 10.6 Å². The topological polar surface area (TPSA) is 66.9 Å². The number of nitrogens with zero attached hydrogens (tertiary/aromatic N) is 2. The number of aryl methyl sites for hydroxylation is 5. The van der Waals surface area contributed by atoms with Gasteiger partial charge < -0.3 is 10.6 Å². The Bertz CT molecular complexity index is 971. The van der Waals surface area contributed by atoms with Crippen LogP contribution in [-0.2, 0) is 0 Å². The molecule has 0 unspecified atom stereocenters. The van der Waals surface area contributed by atoms with E-state index >= 15 is 0 Å². The minimum Gasteiger partial charge on any atom is -0.324 e. The van der Waals surface area contributed by atoms with E-state index in [1.54, 1.807) is 6.07 Å². The second-order valence-corrected chi connectivity index (χ2v) is 6.94. The Hall–Kier alpha value is -3.21. The van der Waals surface area contributed by atoms with Crippen molar-refractivity contribution in [2.24, 2.45) is 0 Å². The quantitative estimate of drug-likeness (QED) is 0.686. The second kappa shape index (κ2) is 7.58. The predicted molar refractivity (Wildman–Crippen MR) is 110 cm³/mol. The van der Waals surface area contributed by atoms with E-state index in [1.165, 1.54) is 5.56 Å². The van der Waals surface area contributed by atoms with Gasteiger partial charge in [-0.25, -0.2) is 9.97 Å². The predicted octanol–water partition coefficient (Wildman–Crippen LogP) is 5.01. The van der Waals surface area contributed by atoms with Crippen LogP contribution in [0.1, 0.15) is 38.4 Å². The fourth-order valence-electron chi connectivity index (χ4n) is 3.06. The molecule has 3 rings (SSSR count). The van der Waals surface area contributed by atoms with Gasteiger partial charge in [0.05, 0.1) is 0 Å². The highest BCUT2D eigenvalue weighted by molar-refractivity contribution is 6.03. The number of amides is 1. The molecule has 2 N–H and O–H groups in total. The molecule has 0 aliphatic heterocycles. The number of benzene rings is 2. The van der Waals surface area contributed by atoms with Gasteiger partial charge in [0.2, 0.25) is 5.95 Å². The van der Waals surface area contributed by atoms with E-state index in [0.717, 1.165) is 33.8 Å². The van der Waals surface area contributed by atoms with Crippen LogP contribution in [0.4, 0.5) is 17.3 Å². The Morgan fingerprint density at radius 3 is 2.07 bits per heavy atom. The SMILES string of the molecule is Cc1ccc(NC(=O)c2cc(C)nc(Nc3c(C)cc(C)cc3C)n2)cc1. The van der Waals surface area contributed by atoms with Crippen molar-refractivity contribution in [3.63, 3.8) is 0 Å². The highest BCUT2D eigenvalue weighted by atomic mass is 16.1. The first-order chi connectivity index (χ1) is 12.8. The summed E-state index contributed by atoms with van der Waals surface area (Å²) in [4.78, 5) is 21.5. The monoisotopic (exact) mass is 360 g/mol. The third-order valence-corrected chi connectivity index (χ3v) is 4.31. The van der Waals surface area contributed by atoms with Gasteiger partial charge in [-0.2, -0.15) is 0 Å². The molecule has 3 aromatic rings. The number of hydrogen-bond acceptors (Lipinski definition) is 4. The lowest BCUT2D eigenvalue weighted by Gasteiger charge is -2.14. The van der Waals surface area contributed by atoms with Gasteiger partial charge in [0.25, 0.3) is 5.91 Å². The maximum absolute atomic E-state index is 12.6. The summed E-state index contributed by atoms with van der Waals surface area (Å²) in [5.41, 5.74) is 7.33. The number of hydrogen-bond donors (Lipinski definition) is 2. The first-order valence-corrected chi connectivity index (χ1v) is 8.90. The second-order valence-electron chi connectivity index (χ2n) is 6.94. The van der Waals surface area contributed by atoms with Crippen LogP contribution in [0.2, 0.25) is 0 Å². The summed E-state index contributed by atoms with van der Waals surface area (Å²) in [6, 6.07) is 13.6. The van der Waals surface area contributed by atoms with Crippen LogP contribution in [0.15, 0.2) is 42.5 Å². The Morgan fingerprint density at radius 1 is 0.815 bits per heavy atom. The molecule has 5 heteroatoms. The van der Waals surface area contributed by atoms with Crippen LogP contribution in [0.3, 0.4) is 0 Å². The first kappa shape index (κ1) is 18.6. The Labute approximate surface area is 159 Å². The normalized spacial score (nSPS) is 10.6. The molecule has 1 aromatic heterocycles. The van der Waals surface area contributed by atoms with Crippen LogP contribution in [0.25, 0.3) is 0 Å². The van der Waals surface area contributed by atoms with E-state index in [2.05, 4.69) is 39.7 Å². The number of carbonyl (C=O) groups is 1. The van der Waals surface area contributed by atoms with Crippen LogP contribution in [0.5, 0.6) is 0 Å². The number of rotatable bonds is 4. The highest BCUT2D eigenvalue weighted by Gasteiger charge is 2.13. The average molecular weight is 360 g/mol. The summed E-state index contributed by atoms with van der Waals surface area (Å²) in [5.74, 6) is 0.156. The minimum absolute atomic E-state index is 0.259. The van der Waals surface area contributed by atoms with Crippen molar-refractivity contribution in [1.82, 2.24) is 9.97 Å². The van der Waals surface area contributed by atoms with Gasteiger partial charge in [-0.05, 0) is 63.9 Å². The van der Waals surface area contributed by atoms with E-state index in [4.69, 9.17) is 0 Å². The fraction of sp³-hybridized carbons (Fsp3) is 0.227. The highest BCUT2D eigenvalue weighted by Crippen LogP contribution is 2.24. The third kappa shape index (κ3) is 4.50. The van der Waals surface area contributed by atoms with Crippen molar-refractivity contribution in [2.75, 3.05) is 10.6 Å². The van der Waals surface area contributed by atoms with Gasteiger partial charge >= 0.3 is 0 Å². The number of aromatic nitrogens is 2. The zero-order valence-electron chi connectivity index (χ0n) is 16.3. The molecule has 0 saturated carbocycles. The van der Waals surface area contributed by atoms with Gasteiger partial charge in [0.1, 0.15) is 5.69 Å². The molecule has 27 heavy (non-hydrogen) atoms. The summed E-state index contributed by atoms with van der Waals surface area (Å²) in [5, 5.41) is 6.15. The standard InChI is InChI=1S/C22H24N4O/c1-13-6-8-18(9-7-13)24-21(27)19-12-17(5)23-22(25-19)26-20-15(3)10-14(2)11-16(20)4/h6-12H,1-5H3,(H,24,27)(H,23,25,26). The lowest BCUT2D eigenvalue weighted by Crippen LogP contribution is -2.15. The van der Waals surface area contributed by atoms with E-state index in [-0.39, 0.29) is 5.91 Å². The maximum Gasteiger partial charge on any atom is 0.274 e. The largest absolute Gasteiger partial charge is 0.324 e. The van der Waals surface area contributed by atoms with Gasteiger partial charge in [0, 0.05) is 17.1 Å². The number of carbonyl (C=O) groups excluding carboxylic acids is 1.